The number of aromatic nitrogens is 2. The Morgan fingerprint density at radius 3 is 2.63 bits per heavy atom. The maximum absolute atomic E-state index is 6.58. The average molecular weight is 384 g/mol. The van der Waals surface area contributed by atoms with Crippen LogP contribution < -0.4 is 34.9 Å². The van der Waals surface area contributed by atoms with Crippen molar-refractivity contribution in [2.24, 2.45) is 0 Å². The van der Waals surface area contributed by atoms with Crippen molar-refractivity contribution in [3.63, 3.8) is 0 Å². The second-order valence-electron chi connectivity index (χ2n) is 6.92. The first-order valence-electron chi connectivity index (χ1n) is 8.84. The summed E-state index contributed by atoms with van der Waals surface area (Å²) in [6, 6.07) is 16.7. The number of nitrogens with one attached hydrogen (secondary N) is 3. The molecule has 1 fully saturated rings. The van der Waals surface area contributed by atoms with Gasteiger partial charge in [-0.2, -0.15) is 5.92 Å². The minimum Gasteiger partial charge on any atom is -0.412 e. The Morgan fingerprint density at radius 2 is 1.85 bits per heavy atom. The van der Waals surface area contributed by atoms with Crippen molar-refractivity contribution in [3.05, 3.63) is 77.4 Å². The molecule has 0 amide bonds. The second kappa shape index (κ2) is 7.33. The van der Waals surface area contributed by atoms with E-state index in [9.17, 15) is 0 Å². The van der Waals surface area contributed by atoms with E-state index in [4.69, 9.17) is 11.6 Å². The summed E-state index contributed by atoms with van der Waals surface area (Å²) in [5.41, 5.74) is 6.45. The normalized spacial score (nSPS) is 13.0. The number of hydrogen-bond donors (Lipinski definition) is 3. The molecule has 0 unspecified atom stereocenters. The van der Waals surface area contributed by atoms with Crippen molar-refractivity contribution >= 4 is 33.4 Å². The average Bonchev–Trinajstić information content (AvgIpc) is 3.28. The molecule has 0 aliphatic heterocycles. The number of allylic oxidation sites excluding steroid dienone is 1. The Kier molecular flexibility index (Phi) is 5.04. The van der Waals surface area contributed by atoms with Gasteiger partial charge < -0.3 is 15.3 Å². The van der Waals surface area contributed by atoms with Crippen LogP contribution in [-0.2, 0) is 6.54 Å². The summed E-state index contributed by atoms with van der Waals surface area (Å²) < 4.78 is 0. The van der Waals surface area contributed by atoms with Crippen molar-refractivity contribution in [2.45, 2.75) is 19.4 Å². The van der Waals surface area contributed by atoms with E-state index in [0.29, 0.717) is 0 Å². The van der Waals surface area contributed by atoms with Gasteiger partial charge in [0.05, 0.1) is 11.6 Å². The molecule has 0 radical (unpaired) electrons. The smallest absolute Gasteiger partial charge is 0.412 e. The zero-order chi connectivity index (χ0) is 17.7. The minimum absolute atomic E-state index is 0. The van der Waals surface area contributed by atoms with Gasteiger partial charge in [0.2, 0.25) is 0 Å². The van der Waals surface area contributed by atoms with E-state index in [1.807, 2.05) is 18.2 Å². The molecule has 0 saturated heterocycles. The molecule has 130 valence electrons. The van der Waals surface area contributed by atoms with E-state index >= 15 is 0 Å². The Morgan fingerprint density at radius 1 is 1.04 bits per heavy atom. The molecule has 3 N–H and O–H groups in total. The van der Waals surface area contributed by atoms with Gasteiger partial charge in [-0.3, -0.25) is 0 Å². The molecule has 3 nitrogen and oxygen atoms in total. The SMILES string of the molecule is C=C(NCc1cc2cc(Cl)c(-c3cc4ccccc4[nH]3)cc2[nH]1)[C-]1CC1.[Na+]. The molecule has 5 rings (SSSR count). The predicted molar refractivity (Wildman–Crippen MR) is 109 cm³/mol. The van der Waals surface area contributed by atoms with E-state index in [1.54, 1.807) is 0 Å². The van der Waals surface area contributed by atoms with Gasteiger partial charge in [0, 0.05) is 38.8 Å². The van der Waals surface area contributed by atoms with Crippen LogP contribution in [0.2, 0.25) is 5.02 Å². The maximum Gasteiger partial charge on any atom is 1.00 e. The van der Waals surface area contributed by atoms with Gasteiger partial charge in [-0.05, 0) is 30.3 Å². The van der Waals surface area contributed by atoms with Crippen LogP contribution in [0, 0.1) is 5.92 Å². The number of para-hydroxylation sites is 1. The molecule has 0 spiro atoms. The monoisotopic (exact) mass is 383 g/mol. The summed E-state index contributed by atoms with van der Waals surface area (Å²) in [6.45, 7) is 4.83. The third-order valence-corrected chi connectivity index (χ3v) is 5.32. The van der Waals surface area contributed by atoms with Crippen LogP contribution in [0.25, 0.3) is 33.1 Å². The van der Waals surface area contributed by atoms with Crippen molar-refractivity contribution in [1.29, 1.82) is 0 Å². The van der Waals surface area contributed by atoms with Crippen LogP contribution in [-0.4, -0.2) is 9.97 Å². The molecule has 0 bridgehead atoms. The van der Waals surface area contributed by atoms with Crippen molar-refractivity contribution in [1.82, 2.24) is 15.3 Å². The standard InChI is InChI=1S/C22H19ClN3.Na/c1-13(14-6-7-14)24-12-17-8-16-9-19(23)18(11-21(16)25-17)22-10-15-4-2-3-5-20(15)26-22;/h2-5,8-11,24-26H,1,6-7,12H2;/q-1;+1. The molecule has 4 aromatic rings. The van der Waals surface area contributed by atoms with Crippen LogP contribution in [0.4, 0.5) is 0 Å². The number of rotatable bonds is 5. The number of halogens is 1. The first-order valence-corrected chi connectivity index (χ1v) is 9.22. The zero-order valence-electron chi connectivity index (χ0n) is 15.3. The molecule has 5 heteroatoms. The fourth-order valence-corrected chi connectivity index (χ4v) is 3.70. The Hall–Kier alpha value is -1.78. The van der Waals surface area contributed by atoms with E-state index in [1.165, 1.54) is 24.1 Å². The zero-order valence-corrected chi connectivity index (χ0v) is 18.1. The van der Waals surface area contributed by atoms with Gasteiger partial charge in [0.25, 0.3) is 0 Å². The first-order chi connectivity index (χ1) is 12.7. The molecule has 1 aliphatic rings. The third-order valence-electron chi connectivity index (χ3n) is 5.00. The molecule has 2 aromatic heterocycles. The third kappa shape index (κ3) is 3.65. The van der Waals surface area contributed by atoms with Crippen LogP contribution in [0.15, 0.2) is 60.8 Å². The molecule has 1 aliphatic carbocycles. The van der Waals surface area contributed by atoms with Gasteiger partial charge in [-0.25, -0.2) is 6.58 Å². The summed E-state index contributed by atoms with van der Waals surface area (Å²) in [5.74, 6) is 1.44. The van der Waals surface area contributed by atoms with Gasteiger partial charge >= 0.3 is 29.6 Å². The van der Waals surface area contributed by atoms with Gasteiger partial charge in [-0.15, -0.1) is 18.5 Å². The van der Waals surface area contributed by atoms with Crippen molar-refractivity contribution < 1.29 is 29.6 Å². The number of benzene rings is 2. The fourth-order valence-electron chi connectivity index (χ4n) is 3.42. The largest absolute Gasteiger partial charge is 1.00 e. The van der Waals surface area contributed by atoms with Crippen LogP contribution in [0.3, 0.4) is 0 Å². The number of aromatic amines is 2. The Labute approximate surface area is 185 Å². The van der Waals surface area contributed by atoms with E-state index in [0.717, 1.165) is 50.6 Å². The van der Waals surface area contributed by atoms with E-state index < -0.39 is 0 Å². The summed E-state index contributed by atoms with van der Waals surface area (Å²) in [4.78, 5) is 6.95. The van der Waals surface area contributed by atoms with Crippen molar-refractivity contribution in [2.75, 3.05) is 0 Å². The summed E-state index contributed by atoms with van der Waals surface area (Å²) >= 11 is 6.58. The summed E-state index contributed by atoms with van der Waals surface area (Å²) in [5, 5.41) is 6.46. The molecular weight excluding hydrogens is 365 g/mol. The molecule has 1 saturated carbocycles. The van der Waals surface area contributed by atoms with Crippen LogP contribution in [0.5, 0.6) is 0 Å². The Bertz CT molecular complexity index is 1100. The fraction of sp³-hybridized carbons (Fsp3) is 0.136. The molecule has 2 heterocycles. The number of H-pyrrole nitrogens is 2. The second-order valence-corrected chi connectivity index (χ2v) is 7.33. The molecule has 0 atom stereocenters. The molecular formula is C22H19ClN3Na. The van der Waals surface area contributed by atoms with Gasteiger partial charge in [-0.1, -0.05) is 29.8 Å². The summed E-state index contributed by atoms with van der Waals surface area (Å²) in [7, 11) is 0. The summed E-state index contributed by atoms with van der Waals surface area (Å²) in [6.07, 6.45) is 2.37. The quantitative estimate of drug-likeness (QED) is 0.360. The predicted octanol–water partition coefficient (Wildman–Crippen LogP) is 2.95. The van der Waals surface area contributed by atoms with Crippen molar-refractivity contribution in [3.8, 4) is 11.3 Å². The maximum atomic E-state index is 6.58. The number of hydrogen-bond acceptors (Lipinski definition) is 1. The van der Waals surface area contributed by atoms with Crippen LogP contribution >= 0.6 is 11.6 Å². The van der Waals surface area contributed by atoms with Crippen LogP contribution in [0.1, 0.15) is 18.5 Å². The first kappa shape index (κ1) is 18.6. The minimum atomic E-state index is 0. The van der Waals surface area contributed by atoms with E-state index in [2.05, 4.69) is 52.2 Å². The van der Waals surface area contributed by atoms with E-state index in [-0.39, 0.29) is 29.6 Å². The molecule has 27 heavy (non-hydrogen) atoms. The molecule has 2 aromatic carbocycles. The van der Waals surface area contributed by atoms with Gasteiger partial charge in [0.15, 0.2) is 0 Å². The topological polar surface area (TPSA) is 43.6 Å². The number of fused-ring (bicyclic) bond motifs is 2. The Balaban J connectivity index is 0.00000180. The van der Waals surface area contributed by atoms with Gasteiger partial charge in [0.1, 0.15) is 0 Å².